The molecule has 2 rings (SSSR count). The summed E-state index contributed by atoms with van der Waals surface area (Å²) in [5.74, 6) is -7.26. The Kier molecular flexibility index (Phi) is 7.94. The van der Waals surface area contributed by atoms with Crippen molar-refractivity contribution in [3.8, 4) is 0 Å². The van der Waals surface area contributed by atoms with Crippen LogP contribution in [0.3, 0.4) is 0 Å². The molecule has 0 bridgehead atoms. The van der Waals surface area contributed by atoms with Gasteiger partial charge in [-0.3, -0.25) is 19.7 Å². The molecule has 15 heteroatoms. The number of hydrogen-bond acceptors (Lipinski definition) is 8. The fourth-order valence-corrected chi connectivity index (χ4v) is 3.42. The quantitative estimate of drug-likeness (QED) is 0.208. The molecule has 11 nitrogen and oxygen atoms in total. The summed E-state index contributed by atoms with van der Waals surface area (Å²) in [6.07, 6.45) is -1.56. The van der Waals surface area contributed by atoms with Gasteiger partial charge in [-0.15, -0.1) is 0 Å². The zero-order valence-electron chi connectivity index (χ0n) is 17.0. The molecule has 0 aliphatic carbocycles. The topological polar surface area (TPSA) is 157 Å². The Labute approximate surface area is 185 Å². The first kappa shape index (κ1) is 25.5. The monoisotopic (exact) mass is 490 g/mol. The van der Waals surface area contributed by atoms with Crippen LogP contribution in [0.5, 0.6) is 0 Å². The van der Waals surface area contributed by atoms with E-state index in [1.165, 1.54) is 7.05 Å². The molecule has 0 saturated carbocycles. The summed E-state index contributed by atoms with van der Waals surface area (Å²) in [6, 6.07) is 4.35. The molecule has 0 fully saturated rings. The van der Waals surface area contributed by atoms with Gasteiger partial charge in [-0.25, -0.2) is 21.6 Å². The number of nitrogens with zero attached hydrogens (tertiary/aromatic N) is 1. The van der Waals surface area contributed by atoms with Crippen molar-refractivity contribution in [2.75, 3.05) is 24.2 Å². The first-order valence-corrected chi connectivity index (χ1v) is 10.5. The molecule has 2 aromatic rings. The number of hydrogen-bond donors (Lipinski definition) is 3. The predicted molar refractivity (Wildman–Crippen MR) is 108 cm³/mol. The van der Waals surface area contributed by atoms with Crippen molar-refractivity contribution in [2.24, 2.45) is 0 Å². The van der Waals surface area contributed by atoms with Gasteiger partial charge in [0.05, 0.1) is 15.5 Å². The molecule has 2 aromatic carbocycles. The standard InChI is InChI=1S/C18H17F3N4O7S/c1-9(18(27)24-13-6-4-11(19)16(20)17(13)21)32-15(26)8-23-33(30,31)10-3-5-12(22-2)14(7-10)25(28)29/h3-7,9,22-23H,8H2,1-2H3,(H,24,27). The summed E-state index contributed by atoms with van der Waals surface area (Å²) in [7, 11) is -2.96. The molecule has 0 aliphatic heterocycles. The van der Waals surface area contributed by atoms with Gasteiger partial charge in [0.15, 0.2) is 23.6 Å². The van der Waals surface area contributed by atoms with E-state index in [-0.39, 0.29) is 5.69 Å². The highest BCUT2D eigenvalue weighted by Crippen LogP contribution is 2.27. The molecule has 0 saturated heterocycles. The van der Waals surface area contributed by atoms with Crippen molar-refractivity contribution in [2.45, 2.75) is 17.9 Å². The maximum absolute atomic E-state index is 13.6. The molecular formula is C18H17F3N4O7S. The van der Waals surface area contributed by atoms with Crippen LogP contribution in [0.2, 0.25) is 0 Å². The van der Waals surface area contributed by atoms with Gasteiger partial charge >= 0.3 is 5.97 Å². The Balaban J connectivity index is 2.00. The van der Waals surface area contributed by atoms with Gasteiger partial charge < -0.3 is 15.4 Å². The smallest absolute Gasteiger partial charge is 0.321 e. The second kappa shape index (κ2) is 10.3. The van der Waals surface area contributed by atoms with Gasteiger partial charge in [0.2, 0.25) is 10.0 Å². The fraction of sp³-hybridized carbons (Fsp3) is 0.222. The maximum atomic E-state index is 13.6. The van der Waals surface area contributed by atoms with Crippen LogP contribution < -0.4 is 15.4 Å². The molecule has 3 N–H and O–H groups in total. The minimum atomic E-state index is -4.37. The lowest BCUT2D eigenvalue weighted by Gasteiger charge is -2.14. The van der Waals surface area contributed by atoms with Gasteiger partial charge in [0.25, 0.3) is 11.6 Å². The van der Waals surface area contributed by atoms with E-state index in [4.69, 9.17) is 4.74 Å². The summed E-state index contributed by atoms with van der Waals surface area (Å²) in [5.41, 5.74) is -1.15. The van der Waals surface area contributed by atoms with E-state index in [0.717, 1.165) is 31.2 Å². The van der Waals surface area contributed by atoms with Gasteiger partial charge in [-0.2, -0.15) is 4.72 Å². The van der Waals surface area contributed by atoms with Crippen LogP contribution in [-0.2, 0) is 24.3 Å². The summed E-state index contributed by atoms with van der Waals surface area (Å²) < 4.78 is 71.0. The number of halogens is 3. The molecule has 0 spiro atoms. The summed E-state index contributed by atoms with van der Waals surface area (Å²) in [4.78, 5) is 33.7. The van der Waals surface area contributed by atoms with Gasteiger partial charge in [0, 0.05) is 13.1 Å². The van der Waals surface area contributed by atoms with Crippen LogP contribution in [0.15, 0.2) is 35.2 Å². The van der Waals surface area contributed by atoms with E-state index in [1.54, 1.807) is 0 Å². The molecule has 0 radical (unpaired) electrons. The number of carbonyl (C=O) groups excluding carboxylic acids is 2. The largest absolute Gasteiger partial charge is 0.452 e. The van der Waals surface area contributed by atoms with E-state index >= 15 is 0 Å². The Morgan fingerprint density at radius 2 is 1.76 bits per heavy atom. The van der Waals surface area contributed by atoms with Crippen molar-refractivity contribution in [1.82, 2.24) is 4.72 Å². The van der Waals surface area contributed by atoms with Crippen LogP contribution >= 0.6 is 0 Å². The number of ether oxygens (including phenoxy) is 1. The molecule has 0 heterocycles. The van der Waals surface area contributed by atoms with E-state index in [9.17, 15) is 41.3 Å². The van der Waals surface area contributed by atoms with Gasteiger partial charge in [-0.05, 0) is 31.2 Å². The third-order valence-electron chi connectivity index (χ3n) is 4.12. The third-order valence-corrected chi connectivity index (χ3v) is 5.52. The SMILES string of the molecule is CNc1ccc(S(=O)(=O)NCC(=O)OC(C)C(=O)Nc2ccc(F)c(F)c2F)cc1[N+](=O)[O-]. The highest BCUT2D eigenvalue weighted by Gasteiger charge is 2.24. The van der Waals surface area contributed by atoms with Crippen molar-refractivity contribution < 1.29 is 40.8 Å². The Morgan fingerprint density at radius 3 is 2.36 bits per heavy atom. The number of rotatable bonds is 9. The summed E-state index contributed by atoms with van der Waals surface area (Å²) in [5, 5.41) is 15.5. The van der Waals surface area contributed by atoms with Crippen LogP contribution in [-0.4, -0.2) is 44.9 Å². The Bertz CT molecular complexity index is 1210. The second-order valence-electron chi connectivity index (χ2n) is 6.35. The number of esters is 1. The third kappa shape index (κ3) is 6.17. The lowest BCUT2D eigenvalue weighted by molar-refractivity contribution is -0.384. The number of carbonyl (C=O) groups is 2. The van der Waals surface area contributed by atoms with Crippen LogP contribution in [0.25, 0.3) is 0 Å². The highest BCUT2D eigenvalue weighted by atomic mass is 32.2. The first-order valence-electron chi connectivity index (χ1n) is 8.97. The lowest BCUT2D eigenvalue weighted by atomic mass is 10.2. The van der Waals surface area contributed by atoms with Crippen molar-refractivity contribution in [3.05, 3.63) is 57.9 Å². The van der Waals surface area contributed by atoms with Crippen molar-refractivity contribution in [3.63, 3.8) is 0 Å². The van der Waals surface area contributed by atoms with E-state index in [1.807, 2.05) is 10.0 Å². The number of nitrogens with one attached hydrogen (secondary N) is 3. The van der Waals surface area contributed by atoms with E-state index in [2.05, 4.69) is 5.32 Å². The number of amides is 1. The molecule has 0 aromatic heterocycles. The number of benzene rings is 2. The zero-order valence-corrected chi connectivity index (χ0v) is 17.8. The maximum Gasteiger partial charge on any atom is 0.321 e. The fourth-order valence-electron chi connectivity index (χ4n) is 2.43. The summed E-state index contributed by atoms with van der Waals surface area (Å²) >= 11 is 0. The van der Waals surface area contributed by atoms with E-state index < -0.39 is 73.2 Å². The molecule has 1 unspecified atom stereocenters. The number of sulfonamides is 1. The minimum Gasteiger partial charge on any atom is -0.452 e. The molecular weight excluding hydrogens is 473 g/mol. The average molecular weight is 490 g/mol. The normalized spacial score (nSPS) is 12.0. The zero-order chi connectivity index (χ0) is 24.9. The predicted octanol–water partition coefficient (Wildman–Crippen LogP) is 1.90. The molecule has 1 atom stereocenters. The number of nitro groups is 1. The average Bonchev–Trinajstić information content (AvgIpc) is 2.77. The van der Waals surface area contributed by atoms with Gasteiger partial charge in [0.1, 0.15) is 12.2 Å². The number of anilines is 2. The lowest BCUT2D eigenvalue weighted by Crippen LogP contribution is -2.36. The van der Waals surface area contributed by atoms with Crippen molar-refractivity contribution >= 4 is 39.0 Å². The number of nitro benzene ring substituents is 1. The van der Waals surface area contributed by atoms with Gasteiger partial charge in [-0.1, -0.05) is 0 Å². The molecule has 33 heavy (non-hydrogen) atoms. The van der Waals surface area contributed by atoms with Crippen LogP contribution in [0, 0.1) is 27.6 Å². The molecule has 178 valence electrons. The first-order chi connectivity index (χ1) is 15.4. The minimum absolute atomic E-state index is 0.0654. The Hall–Kier alpha value is -3.72. The molecule has 0 aliphatic rings. The second-order valence-corrected chi connectivity index (χ2v) is 8.12. The van der Waals surface area contributed by atoms with Crippen molar-refractivity contribution in [1.29, 1.82) is 0 Å². The highest BCUT2D eigenvalue weighted by molar-refractivity contribution is 7.89. The molecule has 1 amide bonds. The van der Waals surface area contributed by atoms with E-state index in [0.29, 0.717) is 6.07 Å². The van der Waals surface area contributed by atoms with Crippen LogP contribution in [0.4, 0.5) is 30.2 Å². The Morgan fingerprint density at radius 1 is 1.12 bits per heavy atom. The van der Waals surface area contributed by atoms with Crippen LogP contribution in [0.1, 0.15) is 6.92 Å². The summed E-state index contributed by atoms with van der Waals surface area (Å²) in [6.45, 7) is 0.125.